The third-order valence-electron chi connectivity index (χ3n) is 1.17. The minimum Gasteiger partial charge on any atom is -0.371 e. The van der Waals surface area contributed by atoms with Gasteiger partial charge in [-0.05, 0) is 12.3 Å². The number of nitrogens with one attached hydrogen (secondary N) is 1. The van der Waals surface area contributed by atoms with E-state index >= 15 is 0 Å². The molecule has 9 heavy (non-hydrogen) atoms. The Bertz CT molecular complexity index is 142. The van der Waals surface area contributed by atoms with Crippen molar-refractivity contribution in [3.63, 3.8) is 0 Å². The molecule has 50 valence electrons. The van der Waals surface area contributed by atoms with Crippen LogP contribution in [-0.4, -0.2) is 30.9 Å². The maximum atomic E-state index is 10.7. The quantitative estimate of drug-likeness (QED) is 0.477. The first-order valence-corrected chi connectivity index (χ1v) is 2.92. The summed E-state index contributed by atoms with van der Waals surface area (Å²) in [5.41, 5.74) is 0. The van der Waals surface area contributed by atoms with Crippen LogP contribution in [-0.2, 0) is 4.79 Å². The van der Waals surface area contributed by atoms with Crippen LogP contribution in [0.2, 0.25) is 0 Å². The highest BCUT2D eigenvalue weighted by Crippen LogP contribution is 1.87. The van der Waals surface area contributed by atoms with Crippen molar-refractivity contribution in [2.45, 2.75) is 0 Å². The zero-order chi connectivity index (χ0) is 6.69. The van der Waals surface area contributed by atoms with Gasteiger partial charge in [-0.25, -0.2) is 0 Å². The summed E-state index contributed by atoms with van der Waals surface area (Å²) in [4.78, 5) is 12.6. The molecule has 0 atom stereocenters. The fourth-order valence-electron chi connectivity index (χ4n) is 0.741. The van der Waals surface area contributed by atoms with Crippen LogP contribution in [0.15, 0.2) is 12.3 Å². The molecule has 1 N–H and O–H groups in total. The van der Waals surface area contributed by atoms with E-state index < -0.39 is 0 Å². The van der Waals surface area contributed by atoms with Gasteiger partial charge in [-0.3, -0.25) is 4.79 Å². The second-order valence-electron chi connectivity index (χ2n) is 2.10. The van der Waals surface area contributed by atoms with Gasteiger partial charge in [-0.2, -0.15) is 0 Å². The summed E-state index contributed by atoms with van der Waals surface area (Å²) in [6.07, 6.45) is 3.82. The van der Waals surface area contributed by atoms with Crippen molar-refractivity contribution in [1.82, 2.24) is 10.2 Å². The third kappa shape index (κ3) is 1.76. The average Bonchev–Trinajstić information content (AvgIpc) is 1.93. The van der Waals surface area contributed by atoms with Crippen molar-refractivity contribution in [1.29, 1.82) is 0 Å². The van der Waals surface area contributed by atoms with Gasteiger partial charge in [0.2, 0.25) is 5.91 Å². The monoisotopic (exact) mass is 126 g/mol. The predicted molar refractivity (Wildman–Crippen MR) is 34.8 cm³/mol. The summed E-state index contributed by atoms with van der Waals surface area (Å²) in [5, 5.41) is 2.71. The fraction of sp³-hybridized carbons (Fsp3) is 0.500. The van der Waals surface area contributed by atoms with E-state index in [0.29, 0.717) is 13.1 Å². The lowest BCUT2D eigenvalue weighted by molar-refractivity contribution is -0.121. The lowest BCUT2D eigenvalue weighted by atomic mass is 10.5. The van der Waals surface area contributed by atoms with Gasteiger partial charge >= 0.3 is 0 Å². The SMILES string of the molecule is CN1C=CCNC(=O)C1. The molecule has 0 aromatic heterocycles. The Morgan fingerprint density at radius 3 is 3.33 bits per heavy atom. The van der Waals surface area contributed by atoms with Crippen molar-refractivity contribution in [2.75, 3.05) is 20.1 Å². The van der Waals surface area contributed by atoms with Crippen LogP contribution in [0.4, 0.5) is 0 Å². The van der Waals surface area contributed by atoms with Crippen molar-refractivity contribution in [2.24, 2.45) is 0 Å². The lowest BCUT2D eigenvalue weighted by Gasteiger charge is -2.08. The molecule has 0 fully saturated rings. The van der Waals surface area contributed by atoms with E-state index in [1.807, 2.05) is 24.2 Å². The average molecular weight is 126 g/mol. The first-order valence-electron chi connectivity index (χ1n) is 2.92. The normalized spacial score (nSPS) is 19.2. The Balaban J connectivity index is 2.50. The highest BCUT2D eigenvalue weighted by Gasteiger charge is 2.03. The smallest absolute Gasteiger partial charge is 0.239 e. The van der Waals surface area contributed by atoms with Crippen LogP contribution in [0, 0.1) is 0 Å². The van der Waals surface area contributed by atoms with Crippen LogP contribution in [0.1, 0.15) is 0 Å². The minimum atomic E-state index is 0.0856. The van der Waals surface area contributed by atoms with E-state index in [-0.39, 0.29) is 5.91 Å². The Hall–Kier alpha value is -0.990. The molecule has 1 amide bonds. The lowest BCUT2D eigenvalue weighted by Crippen LogP contribution is -2.29. The Morgan fingerprint density at radius 2 is 2.56 bits per heavy atom. The van der Waals surface area contributed by atoms with Crippen LogP contribution < -0.4 is 5.32 Å². The van der Waals surface area contributed by atoms with Crippen LogP contribution in [0.3, 0.4) is 0 Å². The van der Waals surface area contributed by atoms with Crippen molar-refractivity contribution < 1.29 is 4.79 Å². The first kappa shape index (κ1) is 6.13. The zero-order valence-electron chi connectivity index (χ0n) is 5.42. The molecule has 0 saturated heterocycles. The van der Waals surface area contributed by atoms with Crippen molar-refractivity contribution in [3.8, 4) is 0 Å². The number of nitrogens with zero attached hydrogens (tertiary/aromatic N) is 1. The van der Waals surface area contributed by atoms with Gasteiger partial charge in [-0.1, -0.05) is 0 Å². The molecular formula is C6H10N2O. The molecule has 0 saturated carbocycles. The second kappa shape index (κ2) is 2.53. The Kier molecular flexibility index (Phi) is 1.72. The molecule has 1 aliphatic heterocycles. The summed E-state index contributed by atoms with van der Waals surface area (Å²) in [6.45, 7) is 1.12. The van der Waals surface area contributed by atoms with Crippen LogP contribution in [0.5, 0.6) is 0 Å². The maximum Gasteiger partial charge on any atom is 0.239 e. The number of carbonyl (C=O) groups excluding carboxylic acids is 1. The molecule has 0 aromatic carbocycles. The fourth-order valence-corrected chi connectivity index (χ4v) is 0.741. The molecule has 3 nitrogen and oxygen atoms in total. The molecule has 1 rings (SSSR count). The van der Waals surface area contributed by atoms with Gasteiger partial charge in [0.15, 0.2) is 0 Å². The molecule has 0 spiro atoms. The van der Waals surface area contributed by atoms with Gasteiger partial charge in [-0.15, -0.1) is 0 Å². The summed E-state index contributed by atoms with van der Waals surface area (Å²) < 4.78 is 0. The standard InChI is InChI=1S/C6H10N2O/c1-8-4-2-3-7-6(9)5-8/h2,4H,3,5H2,1H3,(H,7,9). The van der Waals surface area contributed by atoms with E-state index in [0.717, 1.165) is 0 Å². The highest BCUT2D eigenvalue weighted by molar-refractivity contribution is 5.78. The Labute approximate surface area is 54.3 Å². The molecule has 3 heteroatoms. The summed E-state index contributed by atoms with van der Waals surface area (Å²) >= 11 is 0. The summed E-state index contributed by atoms with van der Waals surface area (Å²) in [6, 6.07) is 0. The van der Waals surface area contributed by atoms with Gasteiger partial charge in [0.1, 0.15) is 0 Å². The van der Waals surface area contributed by atoms with Crippen LogP contribution in [0.25, 0.3) is 0 Å². The van der Waals surface area contributed by atoms with E-state index in [2.05, 4.69) is 5.32 Å². The number of hydrogen-bond acceptors (Lipinski definition) is 2. The summed E-state index contributed by atoms with van der Waals surface area (Å²) in [7, 11) is 1.88. The number of rotatable bonds is 0. The summed E-state index contributed by atoms with van der Waals surface area (Å²) in [5.74, 6) is 0.0856. The molecule has 0 radical (unpaired) electrons. The van der Waals surface area contributed by atoms with Crippen molar-refractivity contribution in [3.05, 3.63) is 12.3 Å². The first-order chi connectivity index (χ1) is 4.29. The number of carbonyl (C=O) groups is 1. The van der Waals surface area contributed by atoms with Gasteiger partial charge < -0.3 is 10.2 Å². The van der Waals surface area contributed by atoms with Crippen LogP contribution >= 0.6 is 0 Å². The second-order valence-corrected chi connectivity index (χ2v) is 2.10. The predicted octanol–water partition coefficient (Wildman–Crippen LogP) is -0.438. The maximum absolute atomic E-state index is 10.7. The molecule has 0 aliphatic carbocycles. The van der Waals surface area contributed by atoms with E-state index in [9.17, 15) is 4.79 Å². The van der Waals surface area contributed by atoms with E-state index in [1.54, 1.807) is 0 Å². The largest absolute Gasteiger partial charge is 0.371 e. The van der Waals surface area contributed by atoms with Crippen molar-refractivity contribution >= 4 is 5.91 Å². The number of hydrogen-bond donors (Lipinski definition) is 1. The number of amides is 1. The topological polar surface area (TPSA) is 32.3 Å². The van der Waals surface area contributed by atoms with Gasteiger partial charge in [0.25, 0.3) is 0 Å². The number of likely N-dealkylation sites (N-methyl/N-ethyl adjacent to an activating group) is 1. The third-order valence-corrected chi connectivity index (χ3v) is 1.17. The molecule has 0 bridgehead atoms. The molecule has 0 aromatic rings. The molecule has 1 heterocycles. The molecular weight excluding hydrogens is 116 g/mol. The van der Waals surface area contributed by atoms with E-state index in [4.69, 9.17) is 0 Å². The van der Waals surface area contributed by atoms with Gasteiger partial charge in [0, 0.05) is 13.6 Å². The van der Waals surface area contributed by atoms with E-state index in [1.165, 1.54) is 0 Å². The van der Waals surface area contributed by atoms with Gasteiger partial charge in [0.05, 0.1) is 6.54 Å². The minimum absolute atomic E-state index is 0.0856. The Morgan fingerprint density at radius 1 is 1.78 bits per heavy atom. The highest BCUT2D eigenvalue weighted by atomic mass is 16.2. The molecule has 0 unspecified atom stereocenters. The molecule has 1 aliphatic rings. The zero-order valence-corrected chi connectivity index (χ0v) is 5.42.